The summed E-state index contributed by atoms with van der Waals surface area (Å²) in [4.78, 5) is 40.3. The number of fused-ring (bicyclic) bond motifs is 1. The van der Waals surface area contributed by atoms with E-state index in [1.54, 1.807) is 56.4 Å². The van der Waals surface area contributed by atoms with Gasteiger partial charge in [-0.15, -0.1) is 0 Å². The van der Waals surface area contributed by atoms with Gasteiger partial charge in [0.1, 0.15) is 6.61 Å². The molecule has 4 amide bonds. The van der Waals surface area contributed by atoms with Crippen LogP contribution >= 0.6 is 23.2 Å². The highest BCUT2D eigenvalue weighted by Gasteiger charge is 2.46. The van der Waals surface area contributed by atoms with E-state index in [1.807, 2.05) is 37.3 Å². The fourth-order valence-corrected chi connectivity index (χ4v) is 5.10. The van der Waals surface area contributed by atoms with E-state index in [4.69, 9.17) is 33.7 Å². The van der Waals surface area contributed by atoms with Crippen molar-refractivity contribution >= 4 is 58.1 Å². The summed E-state index contributed by atoms with van der Waals surface area (Å²) in [5.74, 6) is -0.540. The summed E-state index contributed by atoms with van der Waals surface area (Å²) >= 11 is 13.3. The van der Waals surface area contributed by atoms with Gasteiger partial charge in [-0.3, -0.25) is 19.4 Å². The predicted molar refractivity (Wildman–Crippen MR) is 166 cm³/mol. The van der Waals surface area contributed by atoms with Gasteiger partial charge in [0.25, 0.3) is 5.91 Å². The molecule has 1 unspecified atom stereocenters. The van der Waals surface area contributed by atoms with Crippen LogP contribution in [0.1, 0.15) is 41.8 Å². The Labute approximate surface area is 255 Å². The van der Waals surface area contributed by atoms with E-state index in [2.05, 4.69) is 10.6 Å². The van der Waals surface area contributed by atoms with Crippen molar-refractivity contribution in [1.29, 1.82) is 0 Å². The highest BCUT2D eigenvalue weighted by Crippen LogP contribution is 2.45. The first-order valence-corrected chi connectivity index (χ1v) is 14.2. The summed E-state index contributed by atoms with van der Waals surface area (Å²) in [5.41, 5.74) is 9.49. The van der Waals surface area contributed by atoms with Crippen molar-refractivity contribution in [3.8, 4) is 0 Å². The van der Waals surface area contributed by atoms with Crippen LogP contribution in [0.25, 0.3) is 5.70 Å². The Hall–Kier alpha value is -4.21. The zero-order valence-corrected chi connectivity index (χ0v) is 25.1. The molecule has 42 heavy (non-hydrogen) atoms. The number of hydrogen-bond acceptors (Lipinski definition) is 5. The second-order valence-corrected chi connectivity index (χ2v) is 11.1. The molecule has 3 aromatic carbocycles. The summed E-state index contributed by atoms with van der Waals surface area (Å²) in [6, 6.07) is 20.5. The van der Waals surface area contributed by atoms with Crippen molar-refractivity contribution in [2.45, 2.75) is 31.9 Å². The minimum atomic E-state index is -1.51. The molecule has 0 aromatic heterocycles. The second-order valence-electron chi connectivity index (χ2n) is 9.89. The first kappa shape index (κ1) is 30.7. The van der Waals surface area contributed by atoms with Crippen LogP contribution in [0.3, 0.4) is 0 Å². The lowest BCUT2D eigenvalue weighted by Gasteiger charge is -2.42. The highest BCUT2D eigenvalue weighted by molar-refractivity contribution is 6.32. The summed E-state index contributed by atoms with van der Waals surface area (Å²) in [5, 5.41) is 5.88. The van der Waals surface area contributed by atoms with E-state index < -0.39 is 16.9 Å². The molecule has 0 radical (unpaired) electrons. The predicted octanol–water partition coefficient (Wildman–Crippen LogP) is 5.47. The maximum atomic E-state index is 13.7. The number of benzene rings is 3. The number of nitrogens with zero attached hydrogens (tertiary/aromatic N) is 2. The Morgan fingerprint density at radius 1 is 1.02 bits per heavy atom. The van der Waals surface area contributed by atoms with Crippen LogP contribution in [0, 0.1) is 0 Å². The van der Waals surface area contributed by atoms with Crippen LogP contribution in [-0.2, 0) is 16.1 Å². The number of amides is 4. The number of nitrogens with one attached hydrogen (secondary N) is 2. The molecule has 0 fully saturated rings. The van der Waals surface area contributed by atoms with Crippen molar-refractivity contribution in [2.24, 2.45) is 5.73 Å². The number of alkyl halides is 1. The third-order valence-corrected chi connectivity index (χ3v) is 7.35. The topological polar surface area (TPSA) is 117 Å². The zero-order valence-electron chi connectivity index (χ0n) is 23.6. The molecule has 4 rings (SSSR count). The lowest BCUT2D eigenvalue weighted by Crippen LogP contribution is -2.54. The molecule has 0 saturated carbocycles. The van der Waals surface area contributed by atoms with Crippen LogP contribution in [-0.4, -0.2) is 43.0 Å². The molecule has 0 aliphatic carbocycles. The summed E-state index contributed by atoms with van der Waals surface area (Å²) < 4.78 is 6.11. The van der Waals surface area contributed by atoms with E-state index in [9.17, 15) is 14.4 Å². The van der Waals surface area contributed by atoms with Gasteiger partial charge in [-0.1, -0.05) is 66.5 Å². The standard InChI is InChI=1S/C31H33Cl2N5O4/c1-4-15-35-29(40)21-11-8-12-23(16-21)37(3)30(41)36-18-26(39)38-25-14-13-22(32)17-24(25)27(34)28(31(38,2)33)42-19-20-9-6-5-7-10-20/h5-14,16-17H,4,15,18-19,34H2,1-3H3,(H,35,40)(H,36,41). The number of ether oxygens (including phenoxy) is 1. The van der Waals surface area contributed by atoms with Gasteiger partial charge >= 0.3 is 6.03 Å². The molecule has 220 valence electrons. The van der Waals surface area contributed by atoms with Crippen LogP contribution in [0.15, 0.2) is 78.6 Å². The Balaban J connectivity index is 1.53. The number of hydrogen-bond donors (Lipinski definition) is 3. The average Bonchev–Trinajstić information content (AvgIpc) is 2.98. The monoisotopic (exact) mass is 609 g/mol. The maximum Gasteiger partial charge on any atom is 0.322 e. The summed E-state index contributed by atoms with van der Waals surface area (Å²) in [6.07, 6.45) is 0.806. The Morgan fingerprint density at radius 2 is 1.76 bits per heavy atom. The first-order valence-electron chi connectivity index (χ1n) is 13.4. The smallest absolute Gasteiger partial charge is 0.322 e. The molecule has 4 N–H and O–H groups in total. The van der Waals surface area contributed by atoms with Gasteiger partial charge in [-0.05, 0) is 55.3 Å². The lowest BCUT2D eigenvalue weighted by atomic mass is 9.98. The van der Waals surface area contributed by atoms with Crippen LogP contribution < -0.4 is 26.2 Å². The molecule has 0 saturated heterocycles. The molecule has 0 spiro atoms. The lowest BCUT2D eigenvalue weighted by molar-refractivity contribution is -0.118. The van der Waals surface area contributed by atoms with Gasteiger partial charge in [-0.25, -0.2) is 4.79 Å². The Kier molecular flexibility index (Phi) is 9.65. The molecule has 11 heteroatoms. The van der Waals surface area contributed by atoms with Gasteiger partial charge in [0.15, 0.2) is 10.8 Å². The van der Waals surface area contributed by atoms with Gasteiger partial charge in [0, 0.05) is 35.4 Å². The number of carbonyl (C=O) groups excluding carboxylic acids is 3. The Bertz CT molecular complexity index is 1510. The number of carbonyl (C=O) groups is 3. The molecule has 0 bridgehead atoms. The van der Waals surface area contributed by atoms with E-state index in [-0.39, 0.29) is 30.5 Å². The minimum absolute atomic E-state index is 0.175. The fourth-order valence-electron chi connectivity index (χ4n) is 4.59. The number of rotatable bonds is 9. The largest absolute Gasteiger partial charge is 0.487 e. The van der Waals surface area contributed by atoms with Gasteiger partial charge in [0.2, 0.25) is 5.91 Å². The van der Waals surface area contributed by atoms with Crippen LogP contribution in [0.4, 0.5) is 16.2 Å². The molecule has 1 aliphatic heterocycles. The molecule has 1 heterocycles. The van der Waals surface area contributed by atoms with Gasteiger partial charge in [-0.2, -0.15) is 0 Å². The fraction of sp³-hybridized carbons (Fsp3) is 0.258. The van der Waals surface area contributed by atoms with Crippen molar-refractivity contribution in [3.63, 3.8) is 0 Å². The van der Waals surface area contributed by atoms with Gasteiger partial charge < -0.3 is 21.1 Å². The molecule has 3 aromatic rings. The average molecular weight is 611 g/mol. The number of halogens is 2. The SMILES string of the molecule is CCCNC(=O)c1cccc(N(C)C(=O)NCC(=O)N2c3ccc(Cl)cc3C(N)=C(OCc3ccccc3)C2(C)Cl)c1. The zero-order chi connectivity index (χ0) is 30.4. The van der Waals surface area contributed by atoms with E-state index in [0.29, 0.717) is 34.1 Å². The van der Waals surface area contributed by atoms with Crippen LogP contribution in [0.5, 0.6) is 0 Å². The number of urea groups is 1. The first-order chi connectivity index (χ1) is 20.0. The quantitative estimate of drug-likeness (QED) is 0.220. The van der Waals surface area contributed by atoms with Crippen LogP contribution in [0.2, 0.25) is 5.02 Å². The minimum Gasteiger partial charge on any atom is -0.487 e. The van der Waals surface area contributed by atoms with Gasteiger partial charge in [0.05, 0.1) is 17.9 Å². The normalized spacial score (nSPS) is 16.0. The summed E-state index contributed by atoms with van der Waals surface area (Å²) in [6.45, 7) is 3.92. The van der Waals surface area contributed by atoms with E-state index in [1.165, 1.54) is 9.80 Å². The van der Waals surface area contributed by atoms with Crippen molar-refractivity contribution in [1.82, 2.24) is 10.6 Å². The van der Waals surface area contributed by atoms with E-state index >= 15 is 0 Å². The number of nitrogens with two attached hydrogens (primary N) is 1. The molecule has 9 nitrogen and oxygen atoms in total. The molecular formula is C31H33Cl2N5O4. The van der Waals surface area contributed by atoms with Crippen molar-refractivity contribution in [2.75, 3.05) is 29.9 Å². The molecule has 1 aliphatic rings. The molecule has 1 atom stereocenters. The Morgan fingerprint density at radius 3 is 2.48 bits per heavy atom. The third-order valence-electron chi connectivity index (χ3n) is 6.77. The second kappa shape index (κ2) is 13.2. The van der Waals surface area contributed by atoms with E-state index in [0.717, 1.165) is 12.0 Å². The molecular weight excluding hydrogens is 577 g/mol. The van der Waals surface area contributed by atoms with Crippen molar-refractivity contribution < 1.29 is 19.1 Å². The maximum absolute atomic E-state index is 13.7. The van der Waals surface area contributed by atoms with Crippen molar-refractivity contribution in [3.05, 3.63) is 100 Å². The number of anilines is 2. The third kappa shape index (κ3) is 6.64. The highest BCUT2D eigenvalue weighted by atomic mass is 35.5. The summed E-state index contributed by atoms with van der Waals surface area (Å²) in [7, 11) is 1.55.